The number of halogens is 1. The lowest BCUT2D eigenvalue weighted by Crippen LogP contribution is -2.55. The van der Waals surface area contributed by atoms with Crippen LogP contribution in [0, 0.1) is 11.3 Å². The highest BCUT2D eigenvalue weighted by atomic mass is 79.9. The lowest BCUT2D eigenvalue weighted by molar-refractivity contribution is -0.144. The Hall–Kier alpha value is -1.58. The standard InChI is InChI=1S/C14H16BrN3O2/c1-2-20-14(19)13-9-17-6-7-18(13)12-5-3-4-11(15)10(12)8-16/h3-5,13,17H,2,6-7,9H2,1H3. The van der Waals surface area contributed by atoms with Crippen molar-refractivity contribution in [2.75, 3.05) is 31.1 Å². The van der Waals surface area contributed by atoms with E-state index in [1.807, 2.05) is 23.1 Å². The second kappa shape index (κ2) is 6.73. The molecule has 5 nitrogen and oxygen atoms in total. The first-order chi connectivity index (χ1) is 9.69. The Labute approximate surface area is 126 Å². The van der Waals surface area contributed by atoms with Gasteiger partial charge in [0.25, 0.3) is 0 Å². The lowest BCUT2D eigenvalue weighted by atomic mass is 10.1. The molecule has 1 aliphatic heterocycles. The lowest BCUT2D eigenvalue weighted by Gasteiger charge is -2.36. The summed E-state index contributed by atoms with van der Waals surface area (Å²) in [7, 11) is 0. The maximum atomic E-state index is 12.1. The van der Waals surface area contributed by atoms with Crippen LogP contribution in [0.3, 0.4) is 0 Å². The van der Waals surface area contributed by atoms with Gasteiger partial charge in [0.2, 0.25) is 0 Å². The number of piperazine rings is 1. The summed E-state index contributed by atoms with van der Waals surface area (Å²) in [4.78, 5) is 14.0. The van der Waals surface area contributed by atoms with E-state index in [9.17, 15) is 10.1 Å². The summed E-state index contributed by atoms with van der Waals surface area (Å²) in [6.45, 7) is 4.10. The number of carbonyl (C=O) groups is 1. The summed E-state index contributed by atoms with van der Waals surface area (Å²) >= 11 is 3.38. The van der Waals surface area contributed by atoms with E-state index in [1.165, 1.54) is 0 Å². The van der Waals surface area contributed by atoms with Gasteiger partial charge in [-0.1, -0.05) is 6.07 Å². The highest BCUT2D eigenvalue weighted by Gasteiger charge is 2.31. The number of nitrogens with zero attached hydrogens (tertiary/aromatic N) is 2. The average molecular weight is 338 g/mol. The van der Waals surface area contributed by atoms with Crippen molar-refractivity contribution in [1.29, 1.82) is 5.26 Å². The predicted molar refractivity (Wildman–Crippen MR) is 79.5 cm³/mol. The summed E-state index contributed by atoms with van der Waals surface area (Å²) < 4.78 is 5.86. The minimum atomic E-state index is -0.398. The molecule has 0 amide bonds. The fourth-order valence-corrected chi connectivity index (χ4v) is 2.75. The van der Waals surface area contributed by atoms with Crippen molar-refractivity contribution in [2.45, 2.75) is 13.0 Å². The number of benzene rings is 1. The molecule has 0 aliphatic carbocycles. The van der Waals surface area contributed by atoms with E-state index < -0.39 is 6.04 Å². The van der Waals surface area contributed by atoms with Crippen molar-refractivity contribution in [3.63, 3.8) is 0 Å². The van der Waals surface area contributed by atoms with Gasteiger partial charge in [0.05, 0.1) is 17.9 Å². The van der Waals surface area contributed by atoms with Crippen LogP contribution in [0.1, 0.15) is 12.5 Å². The Balaban J connectivity index is 2.36. The topological polar surface area (TPSA) is 65.4 Å². The van der Waals surface area contributed by atoms with Crippen molar-refractivity contribution in [3.05, 3.63) is 28.2 Å². The van der Waals surface area contributed by atoms with E-state index in [0.717, 1.165) is 16.7 Å². The molecule has 0 spiro atoms. The molecular formula is C14H16BrN3O2. The van der Waals surface area contributed by atoms with Gasteiger partial charge in [-0.3, -0.25) is 0 Å². The van der Waals surface area contributed by atoms with Crippen LogP contribution in [0.25, 0.3) is 0 Å². The number of hydrogen-bond acceptors (Lipinski definition) is 5. The number of nitriles is 1. The first-order valence-electron chi connectivity index (χ1n) is 6.51. The first-order valence-corrected chi connectivity index (χ1v) is 7.31. The van der Waals surface area contributed by atoms with Crippen LogP contribution in [0.15, 0.2) is 22.7 Å². The van der Waals surface area contributed by atoms with Crippen LogP contribution in [0.5, 0.6) is 0 Å². The summed E-state index contributed by atoms with van der Waals surface area (Å²) in [6.07, 6.45) is 0. The number of rotatable bonds is 3. The molecule has 0 saturated carbocycles. The molecule has 20 heavy (non-hydrogen) atoms. The minimum Gasteiger partial charge on any atom is -0.464 e. The highest BCUT2D eigenvalue weighted by molar-refractivity contribution is 9.10. The summed E-state index contributed by atoms with van der Waals surface area (Å²) in [5, 5.41) is 12.5. The summed E-state index contributed by atoms with van der Waals surface area (Å²) in [5.74, 6) is -0.261. The summed E-state index contributed by atoms with van der Waals surface area (Å²) in [6, 6.07) is 7.34. The SMILES string of the molecule is CCOC(=O)C1CNCCN1c1cccc(Br)c1C#N. The van der Waals surface area contributed by atoms with Crippen molar-refractivity contribution in [2.24, 2.45) is 0 Å². The fraction of sp³-hybridized carbons (Fsp3) is 0.429. The monoisotopic (exact) mass is 337 g/mol. The summed E-state index contributed by atoms with van der Waals surface area (Å²) in [5.41, 5.74) is 1.31. The predicted octanol–water partition coefficient (Wildman–Crippen LogP) is 1.66. The van der Waals surface area contributed by atoms with E-state index >= 15 is 0 Å². The maximum Gasteiger partial charge on any atom is 0.330 e. The van der Waals surface area contributed by atoms with Gasteiger partial charge < -0.3 is 15.0 Å². The van der Waals surface area contributed by atoms with Crippen LogP contribution in [-0.4, -0.2) is 38.3 Å². The van der Waals surface area contributed by atoms with Crippen molar-refractivity contribution in [3.8, 4) is 6.07 Å². The normalized spacial score (nSPS) is 18.4. The molecule has 1 aromatic carbocycles. The van der Waals surface area contributed by atoms with E-state index in [-0.39, 0.29) is 5.97 Å². The van der Waals surface area contributed by atoms with Crippen molar-refractivity contribution >= 4 is 27.6 Å². The Morgan fingerprint density at radius 1 is 1.65 bits per heavy atom. The third-order valence-corrected chi connectivity index (χ3v) is 3.88. The number of carbonyl (C=O) groups excluding carboxylic acids is 1. The van der Waals surface area contributed by atoms with Gasteiger partial charge in [-0.2, -0.15) is 5.26 Å². The van der Waals surface area contributed by atoms with Crippen LogP contribution in [-0.2, 0) is 9.53 Å². The molecule has 0 radical (unpaired) electrons. The van der Waals surface area contributed by atoms with Gasteiger partial charge in [-0.25, -0.2) is 4.79 Å². The van der Waals surface area contributed by atoms with Crippen LogP contribution in [0.2, 0.25) is 0 Å². The number of nitrogens with one attached hydrogen (secondary N) is 1. The van der Waals surface area contributed by atoms with Crippen molar-refractivity contribution in [1.82, 2.24) is 5.32 Å². The second-order valence-electron chi connectivity index (χ2n) is 4.41. The molecule has 1 unspecified atom stereocenters. The molecule has 2 rings (SSSR count). The Morgan fingerprint density at radius 3 is 3.15 bits per heavy atom. The van der Waals surface area contributed by atoms with Gasteiger partial charge in [0, 0.05) is 24.1 Å². The van der Waals surface area contributed by atoms with E-state index in [2.05, 4.69) is 27.3 Å². The quantitative estimate of drug-likeness (QED) is 0.850. The average Bonchev–Trinajstić information content (AvgIpc) is 2.47. The molecule has 0 aromatic heterocycles. The molecule has 1 aliphatic rings. The molecule has 1 saturated heterocycles. The zero-order chi connectivity index (χ0) is 14.5. The molecule has 1 atom stereocenters. The third-order valence-electron chi connectivity index (χ3n) is 3.21. The highest BCUT2D eigenvalue weighted by Crippen LogP contribution is 2.29. The molecule has 1 aromatic rings. The zero-order valence-electron chi connectivity index (χ0n) is 11.2. The Bertz CT molecular complexity index is 542. The molecular weight excluding hydrogens is 322 g/mol. The van der Waals surface area contributed by atoms with Gasteiger partial charge in [-0.05, 0) is 35.0 Å². The Morgan fingerprint density at radius 2 is 2.45 bits per heavy atom. The Kier molecular flexibility index (Phi) is 4.99. The fourth-order valence-electron chi connectivity index (χ4n) is 2.30. The first kappa shape index (κ1) is 14.8. The third kappa shape index (κ3) is 2.94. The van der Waals surface area contributed by atoms with Crippen molar-refractivity contribution < 1.29 is 9.53 Å². The molecule has 106 valence electrons. The van der Waals surface area contributed by atoms with E-state index in [1.54, 1.807) is 6.92 Å². The number of esters is 1. The van der Waals surface area contributed by atoms with Gasteiger partial charge in [-0.15, -0.1) is 0 Å². The van der Waals surface area contributed by atoms with Crippen LogP contribution >= 0.6 is 15.9 Å². The number of hydrogen-bond donors (Lipinski definition) is 1. The molecule has 0 bridgehead atoms. The molecule has 1 heterocycles. The smallest absolute Gasteiger partial charge is 0.330 e. The largest absolute Gasteiger partial charge is 0.464 e. The maximum absolute atomic E-state index is 12.1. The zero-order valence-corrected chi connectivity index (χ0v) is 12.8. The van der Waals surface area contributed by atoms with Crippen LogP contribution in [0.4, 0.5) is 5.69 Å². The van der Waals surface area contributed by atoms with E-state index in [4.69, 9.17) is 4.74 Å². The minimum absolute atomic E-state index is 0.261. The number of ether oxygens (including phenoxy) is 1. The van der Waals surface area contributed by atoms with Crippen LogP contribution < -0.4 is 10.2 Å². The van der Waals surface area contributed by atoms with Gasteiger partial charge in [0.1, 0.15) is 12.1 Å². The molecule has 1 N–H and O–H groups in total. The molecule has 6 heteroatoms. The van der Waals surface area contributed by atoms with Gasteiger partial charge in [0.15, 0.2) is 0 Å². The molecule has 1 fully saturated rings. The van der Waals surface area contributed by atoms with Gasteiger partial charge >= 0.3 is 5.97 Å². The second-order valence-corrected chi connectivity index (χ2v) is 5.27. The number of anilines is 1. The van der Waals surface area contributed by atoms with E-state index in [0.29, 0.717) is 25.3 Å².